The van der Waals surface area contributed by atoms with E-state index >= 15 is 0 Å². The third kappa shape index (κ3) is 3.78. The lowest BCUT2D eigenvalue weighted by Crippen LogP contribution is -2.13. The van der Waals surface area contributed by atoms with E-state index in [9.17, 15) is 4.79 Å². The molecule has 5 heteroatoms. The lowest BCUT2D eigenvalue weighted by atomic mass is 10.2. The van der Waals surface area contributed by atoms with Crippen LogP contribution >= 0.6 is 0 Å². The average Bonchev–Trinajstić information content (AvgIpc) is 3.30. The van der Waals surface area contributed by atoms with Gasteiger partial charge in [0.05, 0.1) is 12.2 Å². The SMILES string of the molecule is Cc1nccc(CNc2cccc(NC(=O)C3CC3)c2)n1. The molecule has 1 aliphatic carbocycles. The van der Waals surface area contributed by atoms with Crippen molar-refractivity contribution in [3.8, 4) is 0 Å². The number of nitrogens with zero attached hydrogens (tertiary/aromatic N) is 2. The Balaban J connectivity index is 1.61. The summed E-state index contributed by atoms with van der Waals surface area (Å²) in [7, 11) is 0. The van der Waals surface area contributed by atoms with Crippen LogP contribution in [0.5, 0.6) is 0 Å². The smallest absolute Gasteiger partial charge is 0.227 e. The number of carbonyl (C=O) groups is 1. The zero-order valence-electron chi connectivity index (χ0n) is 12.0. The normalized spacial score (nSPS) is 13.8. The van der Waals surface area contributed by atoms with Crippen LogP contribution in [0.2, 0.25) is 0 Å². The van der Waals surface area contributed by atoms with Gasteiger partial charge in [-0.05, 0) is 44.0 Å². The van der Waals surface area contributed by atoms with Gasteiger partial charge in [-0.3, -0.25) is 4.79 Å². The van der Waals surface area contributed by atoms with Gasteiger partial charge in [0.25, 0.3) is 0 Å². The summed E-state index contributed by atoms with van der Waals surface area (Å²) in [6, 6.07) is 9.63. The van der Waals surface area contributed by atoms with Crippen molar-refractivity contribution in [3.63, 3.8) is 0 Å². The van der Waals surface area contributed by atoms with Gasteiger partial charge in [-0.25, -0.2) is 9.97 Å². The highest BCUT2D eigenvalue weighted by molar-refractivity contribution is 5.94. The van der Waals surface area contributed by atoms with Crippen LogP contribution in [-0.2, 0) is 11.3 Å². The lowest BCUT2D eigenvalue weighted by molar-refractivity contribution is -0.117. The monoisotopic (exact) mass is 282 g/mol. The first-order valence-corrected chi connectivity index (χ1v) is 7.14. The lowest BCUT2D eigenvalue weighted by Gasteiger charge is -2.09. The molecule has 0 atom stereocenters. The molecule has 0 unspecified atom stereocenters. The van der Waals surface area contributed by atoms with Crippen LogP contribution in [0, 0.1) is 12.8 Å². The third-order valence-electron chi connectivity index (χ3n) is 3.39. The number of carbonyl (C=O) groups excluding carboxylic acids is 1. The van der Waals surface area contributed by atoms with Crippen molar-refractivity contribution in [1.82, 2.24) is 9.97 Å². The van der Waals surface area contributed by atoms with E-state index < -0.39 is 0 Å². The highest BCUT2D eigenvalue weighted by Crippen LogP contribution is 2.30. The van der Waals surface area contributed by atoms with Crippen molar-refractivity contribution >= 4 is 17.3 Å². The molecule has 0 spiro atoms. The summed E-state index contributed by atoms with van der Waals surface area (Å²) in [5.74, 6) is 1.10. The maximum absolute atomic E-state index is 11.8. The summed E-state index contributed by atoms with van der Waals surface area (Å²) < 4.78 is 0. The van der Waals surface area contributed by atoms with Gasteiger partial charge in [-0.15, -0.1) is 0 Å². The Hall–Kier alpha value is -2.43. The number of amides is 1. The van der Waals surface area contributed by atoms with Crippen LogP contribution in [0.25, 0.3) is 0 Å². The molecule has 0 saturated heterocycles. The van der Waals surface area contributed by atoms with E-state index in [2.05, 4.69) is 20.6 Å². The number of benzene rings is 1. The summed E-state index contributed by atoms with van der Waals surface area (Å²) >= 11 is 0. The summed E-state index contributed by atoms with van der Waals surface area (Å²) in [4.78, 5) is 20.2. The highest BCUT2D eigenvalue weighted by Gasteiger charge is 2.29. The fraction of sp³-hybridized carbons (Fsp3) is 0.312. The van der Waals surface area contributed by atoms with Gasteiger partial charge in [-0.1, -0.05) is 6.07 Å². The van der Waals surface area contributed by atoms with Crippen molar-refractivity contribution in [2.45, 2.75) is 26.3 Å². The molecule has 2 aromatic rings. The van der Waals surface area contributed by atoms with E-state index in [0.29, 0.717) is 6.54 Å². The zero-order chi connectivity index (χ0) is 14.7. The van der Waals surface area contributed by atoms with E-state index in [-0.39, 0.29) is 11.8 Å². The van der Waals surface area contributed by atoms with Gasteiger partial charge in [-0.2, -0.15) is 0 Å². The number of aromatic nitrogens is 2. The summed E-state index contributed by atoms with van der Waals surface area (Å²) in [5.41, 5.74) is 2.73. The first kappa shape index (κ1) is 13.5. The molecular formula is C16H18N4O. The van der Waals surface area contributed by atoms with Crippen LogP contribution in [0.4, 0.5) is 11.4 Å². The third-order valence-corrected chi connectivity index (χ3v) is 3.39. The molecule has 2 N–H and O–H groups in total. The predicted octanol–water partition coefficient (Wildman–Crippen LogP) is 2.75. The number of hydrogen-bond donors (Lipinski definition) is 2. The van der Waals surface area contributed by atoms with E-state index in [1.54, 1.807) is 6.20 Å². The second kappa shape index (κ2) is 5.91. The second-order valence-electron chi connectivity index (χ2n) is 5.29. The standard InChI is InChI=1S/C16H18N4O/c1-11-17-8-7-15(19-11)10-18-13-3-2-4-14(9-13)20-16(21)12-5-6-12/h2-4,7-9,12,18H,5-6,10H2,1H3,(H,20,21). The van der Waals surface area contributed by atoms with Crippen molar-refractivity contribution in [1.29, 1.82) is 0 Å². The van der Waals surface area contributed by atoms with Crippen LogP contribution in [0.15, 0.2) is 36.5 Å². The van der Waals surface area contributed by atoms with E-state index in [1.807, 2.05) is 37.3 Å². The molecule has 1 aromatic carbocycles. The van der Waals surface area contributed by atoms with Crippen molar-refractivity contribution in [3.05, 3.63) is 48.0 Å². The van der Waals surface area contributed by atoms with Gasteiger partial charge in [0.1, 0.15) is 5.82 Å². The molecule has 1 saturated carbocycles. The molecule has 3 rings (SSSR count). The van der Waals surface area contributed by atoms with Crippen molar-refractivity contribution in [2.24, 2.45) is 5.92 Å². The maximum Gasteiger partial charge on any atom is 0.227 e. The first-order chi connectivity index (χ1) is 10.2. The van der Waals surface area contributed by atoms with Crippen LogP contribution in [-0.4, -0.2) is 15.9 Å². The molecular weight excluding hydrogens is 264 g/mol. The quantitative estimate of drug-likeness (QED) is 0.885. The Morgan fingerprint density at radius 2 is 2.10 bits per heavy atom. The molecule has 108 valence electrons. The minimum absolute atomic E-state index is 0.124. The molecule has 1 heterocycles. The molecule has 1 aliphatic rings. The largest absolute Gasteiger partial charge is 0.379 e. The molecule has 1 aromatic heterocycles. The fourth-order valence-corrected chi connectivity index (χ4v) is 2.09. The number of rotatable bonds is 5. The summed E-state index contributed by atoms with van der Waals surface area (Å²) in [6.07, 6.45) is 3.78. The maximum atomic E-state index is 11.8. The molecule has 0 radical (unpaired) electrons. The highest BCUT2D eigenvalue weighted by atomic mass is 16.2. The molecule has 0 aliphatic heterocycles. The van der Waals surface area contributed by atoms with Crippen molar-refractivity contribution in [2.75, 3.05) is 10.6 Å². The van der Waals surface area contributed by atoms with Gasteiger partial charge >= 0.3 is 0 Å². The Morgan fingerprint density at radius 1 is 1.29 bits per heavy atom. The first-order valence-electron chi connectivity index (χ1n) is 7.14. The van der Waals surface area contributed by atoms with Gasteiger partial charge in [0.15, 0.2) is 0 Å². The fourth-order valence-electron chi connectivity index (χ4n) is 2.09. The molecule has 0 bridgehead atoms. The minimum atomic E-state index is 0.124. The topological polar surface area (TPSA) is 66.9 Å². The average molecular weight is 282 g/mol. The van der Waals surface area contributed by atoms with Crippen molar-refractivity contribution < 1.29 is 4.79 Å². The van der Waals surface area contributed by atoms with E-state index in [1.165, 1.54) is 0 Å². The molecule has 1 fully saturated rings. The van der Waals surface area contributed by atoms with Crippen LogP contribution < -0.4 is 10.6 Å². The minimum Gasteiger partial charge on any atom is -0.379 e. The predicted molar refractivity (Wildman–Crippen MR) is 81.9 cm³/mol. The Bertz CT molecular complexity index is 652. The van der Waals surface area contributed by atoms with Crippen LogP contribution in [0.1, 0.15) is 24.4 Å². The number of hydrogen-bond acceptors (Lipinski definition) is 4. The van der Waals surface area contributed by atoms with E-state index in [4.69, 9.17) is 0 Å². The number of anilines is 2. The number of nitrogens with one attached hydrogen (secondary N) is 2. The van der Waals surface area contributed by atoms with Gasteiger partial charge < -0.3 is 10.6 Å². The summed E-state index contributed by atoms with van der Waals surface area (Å²) in [6.45, 7) is 2.50. The Kier molecular flexibility index (Phi) is 3.81. The zero-order valence-corrected chi connectivity index (χ0v) is 12.0. The van der Waals surface area contributed by atoms with Gasteiger partial charge in [0, 0.05) is 23.5 Å². The van der Waals surface area contributed by atoms with Crippen LogP contribution in [0.3, 0.4) is 0 Å². The number of aryl methyl sites for hydroxylation is 1. The second-order valence-corrected chi connectivity index (χ2v) is 5.29. The Labute approximate surface area is 123 Å². The summed E-state index contributed by atoms with van der Waals surface area (Å²) in [5, 5.41) is 6.25. The van der Waals surface area contributed by atoms with E-state index in [0.717, 1.165) is 35.7 Å². The van der Waals surface area contributed by atoms with Gasteiger partial charge in [0.2, 0.25) is 5.91 Å². The molecule has 5 nitrogen and oxygen atoms in total. The molecule has 1 amide bonds. The molecule has 21 heavy (non-hydrogen) atoms. The Morgan fingerprint density at radius 3 is 2.86 bits per heavy atom.